The van der Waals surface area contributed by atoms with Gasteiger partial charge in [-0.1, -0.05) is 0 Å². The van der Waals surface area contributed by atoms with Crippen LogP contribution in [0.25, 0.3) is 0 Å². The first-order chi connectivity index (χ1) is 8.54. The molecule has 0 aromatic heterocycles. The van der Waals surface area contributed by atoms with Crippen LogP contribution in [-0.2, 0) is 4.74 Å². The Morgan fingerprint density at radius 2 is 1.83 bits per heavy atom. The van der Waals surface area contributed by atoms with Crippen molar-refractivity contribution in [3.8, 4) is 0 Å². The van der Waals surface area contributed by atoms with Crippen LogP contribution >= 0.6 is 0 Å². The van der Waals surface area contributed by atoms with Crippen LogP contribution < -0.4 is 4.90 Å². The highest BCUT2D eigenvalue weighted by Crippen LogP contribution is 2.28. The highest BCUT2D eigenvalue weighted by Gasteiger charge is 2.29. The molecule has 1 N–H and O–H groups in total. The van der Waals surface area contributed by atoms with Gasteiger partial charge in [0, 0.05) is 25.9 Å². The topological polar surface area (TPSA) is 49.8 Å². The van der Waals surface area contributed by atoms with Crippen molar-refractivity contribution in [2.45, 2.75) is 25.4 Å². The summed E-state index contributed by atoms with van der Waals surface area (Å²) in [7, 11) is 1.76. The summed E-state index contributed by atoms with van der Waals surface area (Å²) in [6.07, 6.45) is 1.98. The Balaban J connectivity index is 2.03. The van der Waals surface area contributed by atoms with Crippen molar-refractivity contribution in [1.82, 2.24) is 0 Å². The minimum absolute atomic E-state index is 0.0164. The van der Waals surface area contributed by atoms with Crippen LogP contribution in [0.3, 0.4) is 0 Å². The number of carboxylic acid groups (broad SMARTS) is 1. The molecule has 4 nitrogen and oxygen atoms in total. The molecule has 0 radical (unpaired) electrons. The van der Waals surface area contributed by atoms with Crippen molar-refractivity contribution >= 4 is 11.7 Å². The zero-order valence-electron chi connectivity index (χ0n) is 10.8. The molecule has 1 heterocycles. The van der Waals surface area contributed by atoms with E-state index in [0.717, 1.165) is 31.6 Å². The number of ether oxygens (including phenoxy) is 1. The molecule has 1 aromatic carbocycles. The molecule has 98 valence electrons. The second-order valence-electron chi connectivity index (χ2n) is 4.99. The molecule has 0 saturated carbocycles. The fourth-order valence-corrected chi connectivity index (χ4v) is 2.26. The van der Waals surface area contributed by atoms with Gasteiger partial charge in [0.05, 0.1) is 11.2 Å². The van der Waals surface area contributed by atoms with Crippen molar-refractivity contribution in [1.29, 1.82) is 0 Å². The van der Waals surface area contributed by atoms with Gasteiger partial charge in [-0.25, -0.2) is 4.79 Å². The molecule has 1 aliphatic heterocycles. The minimum atomic E-state index is -0.882. The number of carbonyl (C=O) groups is 1. The molecule has 4 heteroatoms. The summed E-state index contributed by atoms with van der Waals surface area (Å²) in [5, 5.41) is 8.86. The first-order valence-electron chi connectivity index (χ1n) is 6.17. The maximum Gasteiger partial charge on any atom is 0.335 e. The smallest absolute Gasteiger partial charge is 0.335 e. The van der Waals surface area contributed by atoms with E-state index in [0.29, 0.717) is 5.56 Å². The Kier molecular flexibility index (Phi) is 3.57. The Morgan fingerprint density at radius 3 is 2.28 bits per heavy atom. The van der Waals surface area contributed by atoms with E-state index in [2.05, 4.69) is 11.8 Å². The third-order valence-corrected chi connectivity index (χ3v) is 3.79. The van der Waals surface area contributed by atoms with Gasteiger partial charge < -0.3 is 14.7 Å². The summed E-state index contributed by atoms with van der Waals surface area (Å²) in [5.41, 5.74) is 1.40. The molecular weight excluding hydrogens is 230 g/mol. The first-order valence-corrected chi connectivity index (χ1v) is 6.17. The lowest BCUT2D eigenvalue weighted by atomic mass is 9.93. The van der Waals surface area contributed by atoms with E-state index in [1.165, 1.54) is 0 Å². The fraction of sp³-hybridized carbons (Fsp3) is 0.500. The van der Waals surface area contributed by atoms with Crippen LogP contribution in [-0.4, -0.2) is 36.9 Å². The van der Waals surface area contributed by atoms with Gasteiger partial charge in [0.15, 0.2) is 0 Å². The number of aromatic carboxylic acids is 1. The van der Waals surface area contributed by atoms with Gasteiger partial charge in [0.1, 0.15) is 0 Å². The molecule has 0 spiro atoms. The van der Waals surface area contributed by atoms with Crippen LogP contribution in [0.15, 0.2) is 24.3 Å². The third-order valence-electron chi connectivity index (χ3n) is 3.79. The van der Waals surface area contributed by atoms with E-state index >= 15 is 0 Å². The van der Waals surface area contributed by atoms with E-state index in [-0.39, 0.29) is 5.60 Å². The highest BCUT2D eigenvalue weighted by atomic mass is 16.5. The maximum atomic E-state index is 10.8. The molecule has 2 rings (SSSR count). The zero-order chi connectivity index (χ0) is 13.2. The molecule has 1 saturated heterocycles. The molecule has 0 bridgehead atoms. The number of anilines is 1. The molecule has 1 aromatic rings. The largest absolute Gasteiger partial charge is 0.478 e. The number of piperidine rings is 1. The Morgan fingerprint density at radius 1 is 1.28 bits per heavy atom. The maximum absolute atomic E-state index is 10.8. The van der Waals surface area contributed by atoms with Gasteiger partial charge in [0.2, 0.25) is 0 Å². The lowest BCUT2D eigenvalue weighted by Gasteiger charge is -2.39. The summed E-state index contributed by atoms with van der Waals surface area (Å²) in [4.78, 5) is 13.1. The molecule has 0 atom stereocenters. The van der Waals surface area contributed by atoms with E-state index in [1.807, 2.05) is 12.1 Å². The summed E-state index contributed by atoms with van der Waals surface area (Å²) in [6, 6.07) is 7.06. The molecule has 1 aliphatic rings. The van der Waals surface area contributed by atoms with Crippen LogP contribution in [0.2, 0.25) is 0 Å². The van der Waals surface area contributed by atoms with E-state index in [1.54, 1.807) is 19.2 Å². The number of hydrogen-bond donors (Lipinski definition) is 1. The van der Waals surface area contributed by atoms with Crippen molar-refractivity contribution in [3.05, 3.63) is 29.8 Å². The van der Waals surface area contributed by atoms with Gasteiger partial charge in [0.25, 0.3) is 0 Å². The van der Waals surface area contributed by atoms with Crippen molar-refractivity contribution in [2.75, 3.05) is 25.1 Å². The van der Waals surface area contributed by atoms with Crippen LogP contribution in [0.5, 0.6) is 0 Å². The predicted octanol–water partition coefficient (Wildman–Crippen LogP) is 2.39. The number of rotatable bonds is 3. The second-order valence-corrected chi connectivity index (χ2v) is 4.99. The summed E-state index contributed by atoms with van der Waals surface area (Å²) in [6.45, 7) is 4.02. The standard InChI is InChI=1S/C14H19NO3/c1-14(18-2)7-9-15(10-8-14)12-5-3-11(4-6-12)13(16)17/h3-6H,7-10H2,1-2H3,(H,16,17). The average Bonchev–Trinajstić information content (AvgIpc) is 2.40. The monoisotopic (exact) mass is 249 g/mol. The Hall–Kier alpha value is -1.55. The number of nitrogens with zero attached hydrogens (tertiary/aromatic N) is 1. The summed E-state index contributed by atoms with van der Waals surface area (Å²) in [5.74, 6) is -0.882. The Bertz CT molecular complexity index is 419. The van der Waals surface area contributed by atoms with Gasteiger partial charge >= 0.3 is 5.97 Å². The zero-order valence-corrected chi connectivity index (χ0v) is 10.8. The Labute approximate surface area is 107 Å². The SMILES string of the molecule is COC1(C)CCN(c2ccc(C(=O)O)cc2)CC1. The minimum Gasteiger partial charge on any atom is -0.478 e. The van der Waals surface area contributed by atoms with Crippen LogP contribution in [0.4, 0.5) is 5.69 Å². The number of hydrogen-bond acceptors (Lipinski definition) is 3. The number of methoxy groups -OCH3 is 1. The average molecular weight is 249 g/mol. The molecular formula is C14H19NO3. The predicted molar refractivity (Wildman–Crippen MR) is 70.3 cm³/mol. The summed E-state index contributed by atoms with van der Waals surface area (Å²) >= 11 is 0. The molecule has 1 fully saturated rings. The second kappa shape index (κ2) is 4.98. The van der Waals surface area contributed by atoms with E-state index in [4.69, 9.17) is 9.84 Å². The lowest BCUT2D eigenvalue weighted by Crippen LogP contribution is -2.43. The van der Waals surface area contributed by atoms with Crippen molar-refractivity contribution < 1.29 is 14.6 Å². The van der Waals surface area contributed by atoms with Crippen molar-refractivity contribution in [3.63, 3.8) is 0 Å². The third kappa shape index (κ3) is 2.64. The van der Waals surface area contributed by atoms with Crippen molar-refractivity contribution in [2.24, 2.45) is 0 Å². The normalized spacial score (nSPS) is 18.7. The van der Waals surface area contributed by atoms with E-state index < -0.39 is 5.97 Å². The highest BCUT2D eigenvalue weighted by molar-refractivity contribution is 5.88. The van der Waals surface area contributed by atoms with Gasteiger partial charge in [-0.3, -0.25) is 0 Å². The van der Waals surface area contributed by atoms with Crippen LogP contribution in [0.1, 0.15) is 30.1 Å². The number of carboxylic acids is 1. The molecule has 18 heavy (non-hydrogen) atoms. The quantitative estimate of drug-likeness (QED) is 0.893. The molecule has 0 aliphatic carbocycles. The summed E-state index contributed by atoms with van der Waals surface area (Å²) < 4.78 is 5.51. The van der Waals surface area contributed by atoms with Gasteiger partial charge in [-0.2, -0.15) is 0 Å². The van der Waals surface area contributed by atoms with E-state index in [9.17, 15) is 4.79 Å². The van der Waals surface area contributed by atoms with Gasteiger partial charge in [-0.05, 0) is 44.0 Å². The molecule has 0 amide bonds. The number of benzene rings is 1. The van der Waals surface area contributed by atoms with Crippen LogP contribution in [0, 0.1) is 0 Å². The first kappa shape index (κ1) is 12.9. The van der Waals surface area contributed by atoms with Gasteiger partial charge in [-0.15, -0.1) is 0 Å². The molecule has 0 unspecified atom stereocenters. The lowest BCUT2D eigenvalue weighted by molar-refractivity contribution is -0.0132. The fourth-order valence-electron chi connectivity index (χ4n) is 2.26.